The maximum Gasteiger partial charge on any atom is 0.257 e. The lowest BCUT2D eigenvalue weighted by atomic mass is 10.1. The normalized spacial score (nSPS) is 10.6. The van der Waals surface area contributed by atoms with E-state index in [2.05, 4.69) is 10.3 Å². The monoisotopic (exact) mass is 330 g/mol. The molecule has 0 fully saturated rings. The van der Waals surface area contributed by atoms with Crippen LogP contribution in [0, 0.1) is 0 Å². The Bertz CT molecular complexity index is 873. The molecule has 0 atom stereocenters. The number of H-pyrrole nitrogens is 1. The van der Waals surface area contributed by atoms with Crippen LogP contribution in [-0.4, -0.2) is 25.1 Å². The lowest BCUT2D eigenvalue weighted by Gasteiger charge is -2.11. The molecule has 23 heavy (non-hydrogen) atoms. The minimum absolute atomic E-state index is 0.245. The molecule has 0 saturated carbocycles. The number of nitrogens with one attached hydrogen (secondary N) is 2. The molecule has 0 spiro atoms. The van der Waals surface area contributed by atoms with Crippen LogP contribution < -0.4 is 14.8 Å². The third-order valence-electron chi connectivity index (χ3n) is 3.54. The SMILES string of the molecule is COc1ccc(OC)c(NC(=O)c2c[nH]c3cc(Cl)ccc23)c1. The molecular weight excluding hydrogens is 316 g/mol. The number of carbonyl (C=O) groups is 1. The van der Waals surface area contributed by atoms with Crippen molar-refractivity contribution in [3.8, 4) is 11.5 Å². The largest absolute Gasteiger partial charge is 0.497 e. The number of fused-ring (bicyclic) bond motifs is 1. The van der Waals surface area contributed by atoms with Gasteiger partial charge in [-0.25, -0.2) is 0 Å². The Balaban J connectivity index is 1.94. The van der Waals surface area contributed by atoms with Crippen LogP contribution in [0.4, 0.5) is 5.69 Å². The van der Waals surface area contributed by atoms with Crippen LogP contribution in [0.25, 0.3) is 10.9 Å². The molecule has 0 unspecified atom stereocenters. The molecular formula is C17H15ClN2O3. The van der Waals surface area contributed by atoms with Gasteiger partial charge in [0.15, 0.2) is 0 Å². The smallest absolute Gasteiger partial charge is 0.257 e. The topological polar surface area (TPSA) is 63.4 Å². The zero-order valence-corrected chi connectivity index (χ0v) is 13.4. The van der Waals surface area contributed by atoms with Crippen LogP contribution in [0.5, 0.6) is 11.5 Å². The van der Waals surface area contributed by atoms with Crippen LogP contribution in [-0.2, 0) is 0 Å². The van der Waals surface area contributed by atoms with Gasteiger partial charge in [0.2, 0.25) is 0 Å². The summed E-state index contributed by atoms with van der Waals surface area (Å²) in [6, 6.07) is 10.6. The van der Waals surface area contributed by atoms with E-state index in [1.165, 1.54) is 0 Å². The molecule has 1 amide bonds. The molecule has 0 aliphatic heterocycles. The fraction of sp³-hybridized carbons (Fsp3) is 0.118. The van der Waals surface area contributed by atoms with Crippen LogP contribution in [0.3, 0.4) is 0 Å². The van der Waals surface area contributed by atoms with E-state index in [-0.39, 0.29) is 5.91 Å². The van der Waals surface area contributed by atoms with E-state index in [0.29, 0.717) is 27.8 Å². The fourth-order valence-electron chi connectivity index (χ4n) is 2.39. The van der Waals surface area contributed by atoms with Gasteiger partial charge in [-0.05, 0) is 24.3 Å². The predicted octanol–water partition coefficient (Wildman–Crippen LogP) is 4.09. The van der Waals surface area contributed by atoms with E-state index in [1.54, 1.807) is 50.7 Å². The number of rotatable bonds is 4. The Morgan fingerprint density at radius 3 is 2.70 bits per heavy atom. The van der Waals surface area contributed by atoms with Crippen molar-refractivity contribution in [1.82, 2.24) is 4.98 Å². The number of hydrogen-bond acceptors (Lipinski definition) is 3. The van der Waals surface area contributed by atoms with Crippen LogP contribution >= 0.6 is 11.6 Å². The average molecular weight is 331 g/mol. The van der Waals surface area contributed by atoms with Crippen molar-refractivity contribution < 1.29 is 14.3 Å². The minimum atomic E-state index is -0.245. The number of amides is 1. The summed E-state index contributed by atoms with van der Waals surface area (Å²) >= 11 is 5.96. The molecule has 0 saturated heterocycles. The van der Waals surface area contributed by atoms with Crippen molar-refractivity contribution >= 4 is 34.1 Å². The van der Waals surface area contributed by atoms with Crippen LogP contribution in [0.15, 0.2) is 42.6 Å². The summed E-state index contributed by atoms with van der Waals surface area (Å²) in [5.41, 5.74) is 1.88. The number of benzene rings is 2. The molecule has 118 valence electrons. The second-order valence-corrected chi connectivity index (χ2v) is 5.35. The Morgan fingerprint density at radius 2 is 1.96 bits per heavy atom. The average Bonchev–Trinajstić information content (AvgIpc) is 2.97. The van der Waals surface area contributed by atoms with Gasteiger partial charge >= 0.3 is 0 Å². The summed E-state index contributed by atoms with van der Waals surface area (Å²) in [6.07, 6.45) is 1.66. The second kappa shape index (κ2) is 6.22. The Morgan fingerprint density at radius 1 is 1.13 bits per heavy atom. The van der Waals surface area contributed by atoms with Gasteiger partial charge in [0.05, 0.1) is 25.5 Å². The number of carbonyl (C=O) groups excluding carboxylic acids is 1. The van der Waals surface area contributed by atoms with E-state index in [4.69, 9.17) is 21.1 Å². The summed E-state index contributed by atoms with van der Waals surface area (Å²) in [4.78, 5) is 15.6. The molecule has 0 aliphatic carbocycles. The number of hydrogen-bond donors (Lipinski definition) is 2. The summed E-state index contributed by atoms with van der Waals surface area (Å²) < 4.78 is 10.5. The Labute approximate surface area is 138 Å². The van der Waals surface area contributed by atoms with Gasteiger partial charge in [0.25, 0.3) is 5.91 Å². The van der Waals surface area contributed by atoms with E-state index in [1.807, 2.05) is 6.07 Å². The predicted molar refractivity (Wildman–Crippen MR) is 90.8 cm³/mol. The number of methoxy groups -OCH3 is 2. The van der Waals surface area contributed by atoms with Crippen molar-refractivity contribution in [2.75, 3.05) is 19.5 Å². The minimum Gasteiger partial charge on any atom is -0.497 e. The van der Waals surface area contributed by atoms with E-state index in [0.717, 1.165) is 10.9 Å². The Hall–Kier alpha value is -2.66. The van der Waals surface area contributed by atoms with Crippen molar-refractivity contribution in [2.24, 2.45) is 0 Å². The standard InChI is InChI=1S/C17H15ClN2O3/c1-22-11-4-6-16(23-2)15(8-11)20-17(21)13-9-19-14-7-10(18)3-5-12(13)14/h3-9,19H,1-2H3,(H,20,21). The molecule has 1 heterocycles. The highest BCUT2D eigenvalue weighted by Gasteiger charge is 2.15. The van der Waals surface area contributed by atoms with Gasteiger partial charge in [-0.15, -0.1) is 0 Å². The zero-order valence-electron chi connectivity index (χ0n) is 12.6. The van der Waals surface area contributed by atoms with Crippen molar-refractivity contribution in [2.45, 2.75) is 0 Å². The highest BCUT2D eigenvalue weighted by molar-refractivity contribution is 6.31. The molecule has 0 radical (unpaired) electrons. The van der Waals surface area contributed by atoms with Gasteiger partial charge in [0.1, 0.15) is 11.5 Å². The van der Waals surface area contributed by atoms with E-state index < -0.39 is 0 Å². The molecule has 5 nitrogen and oxygen atoms in total. The van der Waals surface area contributed by atoms with Crippen molar-refractivity contribution in [3.05, 3.63) is 53.2 Å². The first-order valence-electron chi connectivity index (χ1n) is 6.92. The van der Waals surface area contributed by atoms with E-state index in [9.17, 15) is 4.79 Å². The number of ether oxygens (including phenoxy) is 2. The van der Waals surface area contributed by atoms with Crippen molar-refractivity contribution in [3.63, 3.8) is 0 Å². The lowest BCUT2D eigenvalue weighted by Crippen LogP contribution is -2.12. The zero-order chi connectivity index (χ0) is 16.4. The lowest BCUT2D eigenvalue weighted by molar-refractivity contribution is 0.102. The highest BCUT2D eigenvalue weighted by Crippen LogP contribution is 2.30. The molecule has 0 bridgehead atoms. The third kappa shape index (κ3) is 2.96. The maximum absolute atomic E-state index is 12.6. The first-order valence-corrected chi connectivity index (χ1v) is 7.30. The molecule has 3 rings (SSSR count). The first kappa shape index (κ1) is 15.2. The summed E-state index contributed by atoms with van der Waals surface area (Å²) in [6.45, 7) is 0. The molecule has 1 aromatic heterocycles. The Kier molecular flexibility index (Phi) is 4.12. The van der Waals surface area contributed by atoms with Gasteiger partial charge < -0.3 is 19.8 Å². The fourth-order valence-corrected chi connectivity index (χ4v) is 2.56. The number of anilines is 1. The molecule has 0 aliphatic rings. The van der Waals surface area contributed by atoms with Gasteiger partial charge in [-0.2, -0.15) is 0 Å². The highest BCUT2D eigenvalue weighted by atomic mass is 35.5. The van der Waals surface area contributed by atoms with E-state index >= 15 is 0 Å². The quantitative estimate of drug-likeness (QED) is 0.757. The summed E-state index contributed by atoms with van der Waals surface area (Å²) in [5, 5.41) is 4.26. The van der Waals surface area contributed by atoms with Crippen molar-refractivity contribution in [1.29, 1.82) is 0 Å². The number of halogens is 1. The first-order chi connectivity index (χ1) is 11.1. The summed E-state index contributed by atoms with van der Waals surface area (Å²) in [5.74, 6) is 0.943. The third-order valence-corrected chi connectivity index (χ3v) is 3.78. The van der Waals surface area contributed by atoms with Crippen LogP contribution in [0.2, 0.25) is 5.02 Å². The maximum atomic E-state index is 12.6. The van der Waals surface area contributed by atoms with Gasteiger partial charge in [0, 0.05) is 28.2 Å². The van der Waals surface area contributed by atoms with Gasteiger partial charge in [-0.1, -0.05) is 17.7 Å². The van der Waals surface area contributed by atoms with Gasteiger partial charge in [-0.3, -0.25) is 4.79 Å². The molecule has 6 heteroatoms. The molecule has 3 aromatic rings. The molecule has 2 aromatic carbocycles. The number of aromatic amines is 1. The second-order valence-electron chi connectivity index (χ2n) is 4.91. The molecule has 2 N–H and O–H groups in total. The summed E-state index contributed by atoms with van der Waals surface area (Å²) in [7, 11) is 3.11. The number of aromatic nitrogens is 1. The van der Waals surface area contributed by atoms with Crippen LogP contribution in [0.1, 0.15) is 10.4 Å².